The van der Waals surface area contributed by atoms with Gasteiger partial charge in [-0.3, -0.25) is 4.79 Å². The van der Waals surface area contributed by atoms with Gasteiger partial charge in [-0.2, -0.15) is 5.10 Å². The number of thioether (sulfide) groups is 1. The van der Waals surface area contributed by atoms with E-state index >= 15 is 0 Å². The van der Waals surface area contributed by atoms with Crippen molar-refractivity contribution in [3.05, 3.63) is 60.3 Å². The molecular formula is C17H14N2O2S. The van der Waals surface area contributed by atoms with Gasteiger partial charge in [-0.25, -0.2) is 0 Å². The molecule has 2 aromatic carbocycles. The minimum Gasteiger partial charge on any atom is -0.496 e. The summed E-state index contributed by atoms with van der Waals surface area (Å²) in [5, 5.41) is 10.9. The minimum atomic E-state index is 0.0113. The Morgan fingerprint density at radius 3 is 2.77 bits per heavy atom. The zero-order valence-electron chi connectivity index (χ0n) is 12.0. The highest BCUT2D eigenvalue weighted by atomic mass is 32.2. The maximum absolute atomic E-state index is 12.4. The lowest BCUT2D eigenvalue weighted by Crippen LogP contribution is -2.05. The number of methoxy groups -OCH3 is 1. The SMILES string of the molecule is COc1ccccc1C(=O)CSc1nncc2ccccc12. The number of hydrogen-bond acceptors (Lipinski definition) is 5. The van der Waals surface area contributed by atoms with Gasteiger partial charge in [0.1, 0.15) is 10.8 Å². The highest BCUT2D eigenvalue weighted by Crippen LogP contribution is 2.26. The first-order chi connectivity index (χ1) is 10.8. The van der Waals surface area contributed by atoms with Crippen LogP contribution in [0.2, 0.25) is 0 Å². The molecule has 0 amide bonds. The summed E-state index contributed by atoms with van der Waals surface area (Å²) in [5.74, 6) is 0.901. The number of Topliss-reactive ketones (excluding diaryl/α,β-unsaturated/α-hetero) is 1. The zero-order valence-corrected chi connectivity index (χ0v) is 12.8. The van der Waals surface area contributed by atoms with Gasteiger partial charge < -0.3 is 4.74 Å². The Labute approximate surface area is 132 Å². The van der Waals surface area contributed by atoms with Crippen LogP contribution in [-0.2, 0) is 0 Å². The van der Waals surface area contributed by atoms with Crippen molar-refractivity contribution in [1.82, 2.24) is 10.2 Å². The van der Waals surface area contributed by atoms with Crippen LogP contribution in [0.3, 0.4) is 0 Å². The maximum atomic E-state index is 12.4. The summed E-state index contributed by atoms with van der Waals surface area (Å²) in [6.45, 7) is 0. The molecule has 0 spiro atoms. The average Bonchev–Trinajstić information content (AvgIpc) is 2.59. The number of aromatic nitrogens is 2. The summed E-state index contributed by atoms with van der Waals surface area (Å²) in [7, 11) is 1.56. The lowest BCUT2D eigenvalue weighted by molar-refractivity contribution is 0.101. The highest BCUT2D eigenvalue weighted by Gasteiger charge is 2.13. The van der Waals surface area contributed by atoms with Crippen molar-refractivity contribution >= 4 is 28.3 Å². The molecule has 22 heavy (non-hydrogen) atoms. The molecule has 0 saturated heterocycles. The molecule has 0 saturated carbocycles. The number of ether oxygens (including phenoxy) is 1. The Hall–Kier alpha value is -2.40. The predicted octanol–water partition coefficient (Wildman–Crippen LogP) is 3.61. The second-order valence-electron chi connectivity index (χ2n) is 4.65. The van der Waals surface area contributed by atoms with Crippen LogP contribution in [0.4, 0.5) is 0 Å². The van der Waals surface area contributed by atoms with Crippen molar-refractivity contribution < 1.29 is 9.53 Å². The fourth-order valence-electron chi connectivity index (χ4n) is 2.19. The van der Waals surface area contributed by atoms with Crippen LogP contribution in [0.5, 0.6) is 5.75 Å². The Bertz CT molecular complexity index is 815. The zero-order chi connectivity index (χ0) is 15.4. The van der Waals surface area contributed by atoms with E-state index in [1.54, 1.807) is 25.4 Å². The first-order valence-corrected chi connectivity index (χ1v) is 7.77. The molecule has 0 atom stereocenters. The van der Waals surface area contributed by atoms with E-state index in [1.807, 2.05) is 36.4 Å². The Kier molecular flexibility index (Phi) is 4.34. The first-order valence-electron chi connectivity index (χ1n) is 6.79. The predicted molar refractivity (Wildman–Crippen MR) is 87.6 cm³/mol. The van der Waals surface area contributed by atoms with E-state index in [4.69, 9.17) is 4.74 Å². The van der Waals surface area contributed by atoms with E-state index in [1.165, 1.54) is 11.8 Å². The van der Waals surface area contributed by atoms with Gasteiger partial charge in [0, 0.05) is 10.8 Å². The third-order valence-corrected chi connectivity index (χ3v) is 4.27. The van der Waals surface area contributed by atoms with Crippen molar-refractivity contribution in [3.63, 3.8) is 0 Å². The first kappa shape index (κ1) is 14.5. The van der Waals surface area contributed by atoms with Gasteiger partial charge in [-0.1, -0.05) is 48.2 Å². The molecule has 3 rings (SSSR count). The summed E-state index contributed by atoms with van der Waals surface area (Å²) in [5.41, 5.74) is 0.589. The number of carbonyl (C=O) groups is 1. The number of fused-ring (bicyclic) bond motifs is 1. The van der Waals surface area contributed by atoms with E-state index in [0.717, 1.165) is 15.8 Å². The average molecular weight is 310 g/mol. The number of hydrogen-bond donors (Lipinski definition) is 0. The summed E-state index contributed by atoms with van der Waals surface area (Å²) in [4.78, 5) is 12.4. The van der Waals surface area contributed by atoms with Gasteiger partial charge >= 0.3 is 0 Å². The van der Waals surface area contributed by atoms with Crippen LogP contribution in [0, 0.1) is 0 Å². The molecule has 5 heteroatoms. The molecule has 0 unspecified atom stereocenters. The molecule has 0 aliphatic carbocycles. The van der Waals surface area contributed by atoms with E-state index in [-0.39, 0.29) is 5.78 Å². The Balaban J connectivity index is 1.81. The molecule has 0 N–H and O–H groups in total. The lowest BCUT2D eigenvalue weighted by atomic mass is 10.1. The molecule has 4 nitrogen and oxygen atoms in total. The third kappa shape index (κ3) is 2.94. The second kappa shape index (κ2) is 6.58. The van der Waals surface area contributed by atoms with Crippen molar-refractivity contribution in [3.8, 4) is 5.75 Å². The van der Waals surface area contributed by atoms with Gasteiger partial charge in [0.15, 0.2) is 5.78 Å². The van der Waals surface area contributed by atoms with Crippen LogP contribution in [0.25, 0.3) is 10.8 Å². The summed E-state index contributed by atoms with van der Waals surface area (Å²) in [6, 6.07) is 15.1. The monoisotopic (exact) mass is 310 g/mol. The lowest BCUT2D eigenvalue weighted by Gasteiger charge is -2.07. The number of carbonyl (C=O) groups excluding carboxylic acids is 1. The van der Waals surface area contributed by atoms with E-state index in [0.29, 0.717) is 17.1 Å². The highest BCUT2D eigenvalue weighted by molar-refractivity contribution is 8.00. The van der Waals surface area contributed by atoms with Crippen LogP contribution < -0.4 is 4.74 Å². The quantitative estimate of drug-likeness (QED) is 0.532. The maximum Gasteiger partial charge on any atom is 0.176 e. The minimum absolute atomic E-state index is 0.0113. The Morgan fingerprint density at radius 1 is 1.14 bits per heavy atom. The molecule has 0 fully saturated rings. The van der Waals surface area contributed by atoms with Gasteiger partial charge in [0.05, 0.1) is 24.6 Å². The van der Waals surface area contributed by atoms with E-state index in [9.17, 15) is 4.79 Å². The number of para-hydroxylation sites is 1. The van der Waals surface area contributed by atoms with Crippen molar-refractivity contribution in [2.24, 2.45) is 0 Å². The van der Waals surface area contributed by atoms with Crippen molar-refractivity contribution in [2.75, 3.05) is 12.9 Å². The molecule has 110 valence electrons. The fourth-order valence-corrected chi connectivity index (χ4v) is 3.06. The van der Waals surface area contributed by atoms with Gasteiger partial charge in [-0.15, -0.1) is 5.10 Å². The molecule has 0 aliphatic heterocycles. The Morgan fingerprint density at radius 2 is 1.91 bits per heavy atom. The van der Waals surface area contributed by atoms with E-state index in [2.05, 4.69) is 10.2 Å². The standard InChI is InChI=1S/C17H14N2O2S/c1-21-16-9-5-4-8-14(16)15(20)11-22-17-13-7-3-2-6-12(13)10-18-19-17/h2-10H,11H2,1H3. The largest absolute Gasteiger partial charge is 0.496 e. The second-order valence-corrected chi connectivity index (χ2v) is 5.61. The molecule has 1 aromatic heterocycles. The number of rotatable bonds is 5. The van der Waals surface area contributed by atoms with Crippen LogP contribution in [0.1, 0.15) is 10.4 Å². The normalized spacial score (nSPS) is 10.6. The summed E-state index contributed by atoms with van der Waals surface area (Å²) < 4.78 is 5.23. The number of benzene rings is 2. The third-order valence-electron chi connectivity index (χ3n) is 3.28. The molecule has 0 aliphatic rings. The topological polar surface area (TPSA) is 52.1 Å². The smallest absolute Gasteiger partial charge is 0.176 e. The van der Waals surface area contributed by atoms with Crippen LogP contribution in [0.15, 0.2) is 59.8 Å². The van der Waals surface area contributed by atoms with E-state index < -0.39 is 0 Å². The molecule has 3 aromatic rings. The molecular weight excluding hydrogens is 296 g/mol. The molecule has 0 bridgehead atoms. The summed E-state index contributed by atoms with van der Waals surface area (Å²) in [6.07, 6.45) is 1.72. The molecule has 0 radical (unpaired) electrons. The summed E-state index contributed by atoms with van der Waals surface area (Å²) >= 11 is 1.39. The molecule has 1 heterocycles. The van der Waals surface area contributed by atoms with Crippen molar-refractivity contribution in [1.29, 1.82) is 0 Å². The van der Waals surface area contributed by atoms with Crippen LogP contribution in [-0.4, -0.2) is 28.8 Å². The van der Waals surface area contributed by atoms with Crippen LogP contribution >= 0.6 is 11.8 Å². The fraction of sp³-hybridized carbons (Fsp3) is 0.118. The van der Waals surface area contributed by atoms with Gasteiger partial charge in [-0.05, 0) is 12.1 Å². The van der Waals surface area contributed by atoms with Crippen molar-refractivity contribution in [2.45, 2.75) is 5.03 Å². The number of nitrogens with zero attached hydrogens (tertiary/aromatic N) is 2. The number of ketones is 1. The van der Waals surface area contributed by atoms with Gasteiger partial charge in [0.2, 0.25) is 0 Å². The van der Waals surface area contributed by atoms with Gasteiger partial charge in [0.25, 0.3) is 0 Å².